The molecule has 1 fully saturated rings. The smallest absolute Gasteiger partial charge is 0.264 e. The Morgan fingerprint density at radius 3 is 2.45 bits per heavy atom. The molecule has 2 aromatic carbocycles. The van der Waals surface area contributed by atoms with Crippen LogP contribution in [-0.4, -0.2) is 35.4 Å². The number of aromatic nitrogens is 2. The molecule has 2 atom stereocenters. The molecule has 0 radical (unpaired) electrons. The van der Waals surface area contributed by atoms with E-state index in [1.807, 2.05) is 26.0 Å². The van der Waals surface area contributed by atoms with Gasteiger partial charge in [-0.1, -0.05) is 12.1 Å². The Morgan fingerprint density at radius 2 is 1.76 bits per heavy atom. The van der Waals surface area contributed by atoms with Crippen molar-refractivity contribution < 1.29 is 18.3 Å². The van der Waals surface area contributed by atoms with Crippen LogP contribution in [-0.2, 0) is 14.8 Å². The molecule has 2 heterocycles. The van der Waals surface area contributed by atoms with Crippen LogP contribution in [0.1, 0.15) is 29.2 Å². The number of nitrogens with one attached hydrogen (secondary N) is 4. The minimum absolute atomic E-state index is 0.0129. The number of phenolic OH excluding ortho intramolecular Hbond substituents is 1. The molecule has 1 aromatic heterocycles. The highest BCUT2D eigenvalue weighted by Gasteiger charge is 2.32. The molecule has 1 aliphatic heterocycles. The van der Waals surface area contributed by atoms with Crippen molar-refractivity contribution >= 4 is 27.6 Å². The number of carbonyl (C=O) groups excluding carboxylic acids is 1. The van der Waals surface area contributed by atoms with Crippen molar-refractivity contribution in [3.05, 3.63) is 71.5 Å². The number of hydrogen-bond donors (Lipinski definition) is 5. The lowest BCUT2D eigenvalue weighted by atomic mass is 9.96. The number of phenols is 1. The van der Waals surface area contributed by atoms with Gasteiger partial charge in [0, 0.05) is 23.6 Å². The summed E-state index contributed by atoms with van der Waals surface area (Å²) in [6.45, 7) is 3.78. The molecule has 5 N–H and O–H groups in total. The summed E-state index contributed by atoms with van der Waals surface area (Å²) in [6, 6.07) is 10.4. The van der Waals surface area contributed by atoms with E-state index in [-0.39, 0.29) is 28.5 Å². The lowest BCUT2D eigenvalue weighted by Crippen LogP contribution is -2.39. The second-order valence-corrected chi connectivity index (χ2v) is 9.45. The van der Waals surface area contributed by atoms with Crippen molar-refractivity contribution in [2.75, 3.05) is 10.0 Å². The van der Waals surface area contributed by atoms with Crippen molar-refractivity contribution in [2.45, 2.75) is 37.2 Å². The average molecular weight is 469 g/mol. The summed E-state index contributed by atoms with van der Waals surface area (Å²) >= 11 is 0. The largest absolute Gasteiger partial charge is 0.507 e. The van der Waals surface area contributed by atoms with Gasteiger partial charge >= 0.3 is 0 Å². The highest BCUT2D eigenvalue weighted by molar-refractivity contribution is 7.92. The Balaban J connectivity index is 1.39. The molecular weight excluding hydrogens is 444 g/mol. The number of amides is 1. The van der Waals surface area contributed by atoms with Crippen molar-refractivity contribution in [1.29, 1.82) is 0 Å². The van der Waals surface area contributed by atoms with Gasteiger partial charge < -0.3 is 10.4 Å². The number of hydrazine groups is 1. The molecule has 2 unspecified atom stereocenters. The molecule has 0 spiro atoms. The zero-order valence-corrected chi connectivity index (χ0v) is 18.8. The predicted molar refractivity (Wildman–Crippen MR) is 123 cm³/mol. The van der Waals surface area contributed by atoms with E-state index in [2.05, 4.69) is 30.9 Å². The summed E-state index contributed by atoms with van der Waals surface area (Å²) in [5.41, 5.74) is 9.00. The molecule has 0 saturated carbocycles. The lowest BCUT2D eigenvalue weighted by molar-refractivity contribution is -0.117. The maximum atomic E-state index is 12.7. The number of carbonyl (C=O) groups is 1. The summed E-state index contributed by atoms with van der Waals surface area (Å²) in [4.78, 5) is 20.4. The number of hydrogen-bond acceptors (Lipinski definition) is 8. The summed E-state index contributed by atoms with van der Waals surface area (Å²) in [5, 5.41) is 13.2. The van der Waals surface area contributed by atoms with Crippen LogP contribution >= 0.6 is 0 Å². The fourth-order valence-corrected chi connectivity index (χ4v) is 4.47. The average Bonchev–Trinajstić information content (AvgIpc) is 3.28. The minimum atomic E-state index is -3.86. The van der Waals surface area contributed by atoms with Crippen molar-refractivity contribution in [2.24, 2.45) is 0 Å². The van der Waals surface area contributed by atoms with E-state index in [0.717, 1.165) is 16.7 Å². The Kier molecular flexibility index (Phi) is 6.27. The summed E-state index contributed by atoms with van der Waals surface area (Å²) in [5.74, 6) is -0.0829. The minimum Gasteiger partial charge on any atom is -0.507 e. The zero-order chi connectivity index (χ0) is 23.6. The molecule has 1 amide bonds. The number of benzene rings is 2. The first kappa shape index (κ1) is 22.6. The van der Waals surface area contributed by atoms with Crippen LogP contribution in [0.2, 0.25) is 0 Å². The van der Waals surface area contributed by atoms with E-state index in [1.165, 1.54) is 36.7 Å². The van der Waals surface area contributed by atoms with Crippen molar-refractivity contribution in [3.8, 4) is 5.75 Å². The number of aryl methyl sites for hydroxylation is 1. The van der Waals surface area contributed by atoms with Gasteiger partial charge in [0.25, 0.3) is 10.0 Å². The topological polar surface area (TPSA) is 145 Å². The van der Waals surface area contributed by atoms with Crippen LogP contribution in [0.5, 0.6) is 5.75 Å². The van der Waals surface area contributed by atoms with E-state index in [1.54, 1.807) is 6.07 Å². The Hall–Kier alpha value is -3.54. The number of sulfonamides is 1. The second kappa shape index (κ2) is 9.14. The standard InChI is InChI=1S/C22H24N6O4S/c1-13-4-9-17(20(29)14(13)2)18-12-19(27-26-18)21(30)25-15-5-7-16(8-6-15)33(31,32)28-22-23-10-3-11-24-22/h3-11,18-19,26-27,29H,12H2,1-2H3,(H,25,30)(H,23,24,28). The number of aromatic hydroxyl groups is 1. The molecule has 172 valence electrons. The highest BCUT2D eigenvalue weighted by atomic mass is 32.2. The van der Waals surface area contributed by atoms with E-state index in [9.17, 15) is 18.3 Å². The van der Waals surface area contributed by atoms with Crippen LogP contribution in [0.3, 0.4) is 0 Å². The fraction of sp³-hybridized carbons (Fsp3) is 0.227. The van der Waals surface area contributed by atoms with E-state index < -0.39 is 16.1 Å². The van der Waals surface area contributed by atoms with Crippen molar-refractivity contribution in [3.63, 3.8) is 0 Å². The monoisotopic (exact) mass is 468 g/mol. The third-order valence-corrected chi connectivity index (χ3v) is 6.90. The summed E-state index contributed by atoms with van der Waals surface area (Å²) in [7, 11) is -3.86. The SMILES string of the molecule is Cc1ccc(C2CC(C(=O)Nc3ccc(S(=O)(=O)Nc4ncccn4)cc3)NN2)c(O)c1C. The summed E-state index contributed by atoms with van der Waals surface area (Å²) in [6.07, 6.45) is 3.30. The first-order valence-electron chi connectivity index (χ1n) is 10.3. The van der Waals surface area contributed by atoms with Crippen LogP contribution in [0.15, 0.2) is 59.8 Å². The van der Waals surface area contributed by atoms with Gasteiger partial charge in [0.05, 0.1) is 10.9 Å². The molecular formula is C22H24N6O4S. The van der Waals surface area contributed by atoms with Crippen molar-refractivity contribution in [1.82, 2.24) is 20.8 Å². The zero-order valence-electron chi connectivity index (χ0n) is 18.0. The van der Waals surface area contributed by atoms with Gasteiger partial charge in [-0.05, 0) is 61.7 Å². The maximum absolute atomic E-state index is 12.7. The first-order chi connectivity index (χ1) is 15.7. The first-order valence-corrected chi connectivity index (χ1v) is 11.7. The Bertz CT molecular complexity index is 1270. The fourth-order valence-electron chi connectivity index (χ4n) is 3.51. The maximum Gasteiger partial charge on any atom is 0.264 e. The number of rotatable bonds is 6. The quantitative estimate of drug-likeness (QED) is 0.370. The molecule has 3 aromatic rings. The molecule has 10 nitrogen and oxygen atoms in total. The summed E-state index contributed by atoms with van der Waals surface area (Å²) < 4.78 is 27.2. The van der Waals surface area contributed by atoms with E-state index in [0.29, 0.717) is 12.1 Å². The predicted octanol–water partition coefficient (Wildman–Crippen LogP) is 2.15. The van der Waals surface area contributed by atoms with Crippen LogP contribution in [0.25, 0.3) is 0 Å². The molecule has 11 heteroatoms. The van der Waals surface area contributed by atoms with Gasteiger partial charge in [-0.15, -0.1) is 0 Å². The van der Waals surface area contributed by atoms with E-state index in [4.69, 9.17) is 0 Å². The second-order valence-electron chi connectivity index (χ2n) is 7.77. The molecule has 1 aliphatic rings. The highest BCUT2D eigenvalue weighted by Crippen LogP contribution is 2.33. The van der Waals surface area contributed by atoms with Crippen LogP contribution in [0, 0.1) is 13.8 Å². The van der Waals surface area contributed by atoms with Crippen LogP contribution in [0.4, 0.5) is 11.6 Å². The van der Waals surface area contributed by atoms with Gasteiger partial charge in [-0.3, -0.25) is 4.79 Å². The van der Waals surface area contributed by atoms with Gasteiger partial charge in [0.2, 0.25) is 11.9 Å². The van der Waals surface area contributed by atoms with Crippen LogP contribution < -0.4 is 20.9 Å². The van der Waals surface area contributed by atoms with Gasteiger partial charge in [-0.2, -0.15) is 0 Å². The third kappa shape index (κ3) is 4.95. The molecule has 1 saturated heterocycles. The third-order valence-electron chi connectivity index (χ3n) is 5.55. The van der Waals surface area contributed by atoms with Gasteiger partial charge in [0.1, 0.15) is 11.8 Å². The lowest BCUT2D eigenvalue weighted by Gasteiger charge is -2.15. The van der Waals surface area contributed by atoms with E-state index >= 15 is 0 Å². The number of nitrogens with zero attached hydrogens (tertiary/aromatic N) is 2. The molecule has 33 heavy (non-hydrogen) atoms. The van der Waals surface area contributed by atoms with Gasteiger partial charge in [0.15, 0.2) is 0 Å². The Labute approximate surface area is 191 Å². The Morgan fingerprint density at radius 1 is 1.06 bits per heavy atom. The normalized spacial score (nSPS) is 18.1. The number of anilines is 2. The molecule has 0 aliphatic carbocycles. The molecule has 0 bridgehead atoms. The molecule has 4 rings (SSSR count). The van der Waals surface area contributed by atoms with Gasteiger partial charge in [-0.25, -0.2) is 34.0 Å².